The van der Waals surface area contributed by atoms with Gasteiger partial charge in [0.1, 0.15) is 0 Å². The van der Waals surface area contributed by atoms with Crippen LogP contribution in [-0.4, -0.2) is 0 Å². The largest absolute Gasteiger partial charge is 0.310 e. The van der Waals surface area contributed by atoms with Crippen molar-refractivity contribution in [2.24, 2.45) is 0 Å². The number of nitrogens with zero attached hydrogens (tertiary/aromatic N) is 3. The van der Waals surface area contributed by atoms with Gasteiger partial charge in [-0.2, -0.15) is 0 Å². The van der Waals surface area contributed by atoms with E-state index in [9.17, 15) is 0 Å². The van der Waals surface area contributed by atoms with Gasteiger partial charge in [-0.15, -0.1) is 11.3 Å². The Morgan fingerprint density at radius 2 is 0.855 bits per heavy atom. The lowest BCUT2D eigenvalue weighted by molar-refractivity contribution is 0.752. The molecule has 3 nitrogen and oxygen atoms in total. The van der Waals surface area contributed by atoms with Gasteiger partial charge in [0.05, 0.1) is 22.5 Å². The topological polar surface area (TPSA) is 9.72 Å². The maximum atomic E-state index is 2.52. The van der Waals surface area contributed by atoms with Crippen molar-refractivity contribution in [2.75, 3.05) is 14.7 Å². The molecule has 0 atom stereocenters. The fourth-order valence-corrected chi connectivity index (χ4v) is 12.9. The zero-order valence-corrected chi connectivity index (χ0v) is 38.4. The number of benzene rings is 11. The van der Waals surface area contributed by atoms with Crippen molar-refractivity contribution in [3.63, 3.8) is 0 Å². The Morgan fingerprint density at radius 3 is 1.52 bits per heavy atom. The maximum absolute atomic E-state index is 2.52. The molecule has 2 aliphatic rings. The number of hydrogen-bond donors (Lipinski definition) is 0. The molecule has 14 rings (SSSR count). The van der Waals surface area contributed by atoms with Crippen LogP contribution in [0.15, 0.2) is 261 Å². The molecule has 12 aromatic rings. The normalized spacial score (nSPS) is 13.0. The van der Waals surface area contributed by atoms with Crippen molar-refractivity contribution < 1.29 is 0 Å². The summed E-state index contributed by atoms with van der Waals surface area (Å²) in [6.07, 6.45) is 0. The summed E-state index contributed by atoms with van der Waals surface area (Å²) in [4.78, 5) is 7.35. The Morgan fingerprint density at radius 1 is 0.348 bits per heavy atom. The molecule has 4 heteroatoms. The van der Waals surface area contributed by atoms with E-state index in [4.69, 9.17) is 0 Å². The molecule has 2 heterocycles. The second kappa shape index (κ2) is 15.7. The number of para-hydroxylation sites is 5. The van der Waals surface area contributed by atoms with Gasteiger partial charge in [-0.25, -0.2) is 0 Å². The molecule has 324 valence electrons. The van der Waals surface area contributed by atoms with Crippen LogP contribution in [0.5, 0.6) is 0 Å². The number of fused-ring (bicyclic) bond motifs is 14. The van der Waals surface area contributed by atoms with Gasteiger partial charge in [0.15, 0.2) is 0 Å². The molecule has 0 saturated carbocycles. The highest BCUT2D eigenvalue weighted by Gasteiger charge is 2.52. The van der Waals surface area contributed by atoms with Crippen molar-refractivity contribution >= 4 is 93.5 Å². The first-order valence-electron chi connectivity index (χ1n) is 23.7. The Hall–Kier alpha value is -8.70. The SMILES string of the molecule is c1ccc(N(c2ccccc2)c2ccc3c(c2)sc2c4ccccc4cc(N(c4ccccc4)c4ccc5c(c4)C4(c6ccccc6-c6ccccc64)c4ccccc4N5c4ccccc4)c32)cc1. The van der Waals surface area contributed by atoms with E-state index in [-0.39, 0.29) is 0 Å². The molecule has 0 saturated heterocycles. The molecular weight excluding hydrogens is 855 g/mol. The van der Waals surface area contributed by atoms with E-state index in [1.807, 2.05) is 11.3 Å². The summed E-state index contributed by atoms with van der Waals surface area (Å²) in [5.74, 6) is 0. The summed E-state index contributed by atoms with van der Waals surface area (Å²) in [7, 11) is 0. The highest BCUT2D eigenvalue weighted by Crippen LogP contribution is 2.64. The van der Waals surface area contributed by atoms with Crippen LogP contribution in [0, 0.1) is 0 Å². The summed E-state index contributed by atoms with van der Waals surface area (Å²) in [5.41, 5.74) is 17.3. The third-order valence-corrected chi connectivity index (χ3v) is 15.6. The Labute approximate surface area is 405 Å². The highest BCUT2D eigenvalue weighted by molar-refractivity contribution is 7.26. The zero-order chi connectivity index (χ0) is 45.5. The molecule has 1 spiro atoms. The monoisotopic (exact) mass is 897 g/mol. The van der Waals surface area contributed by atoms with E-state index in [1.54, 1.807) is 0 Å². The van der Waals surface area contributed by atoms with E-state index in [0.29, 0.717) is 0 Å². The molecule has 0 N–H and O–H groups in total. The standard InChI is InChI=1S/C65H43N3S/c1-5-22-45(23-6-1)66(46-24-7-2-8-25-46)50-37-39-54-62(43-50)69-64-51-30-14-13-21-44(51)41-61(63(54)64)67(47-26-9-3-10-27-47)49-38-40-60-58(42-49)65(55-33-17-15-31-52(55)53-32-16-18-34-56(53)65)57-35-19-20-36-59(57)68(60)48-28-11-4-12-29-48/h1-43H. The Bertz CT molecular complexity index is 3840. The van der Waals surface area contributed by atoms with Gasteiger partial charge in [0, 0.05) is 54.3 Å². The summed E-state index contributed by atoms with van der Waals surface area (Å²) in [6.45, 7) is 0. The Balaban J connectivity index is 1.05. The zero-order valence-electron chi connectivity index (χ0n) is 37.6. The molecule has 0 unspecified atom stereocenters. The summed E-state index contributed by atoms with van der Waals surface area (Å²) in [5, 5.41) is 4.95. The molecule has 11 aromatic carbocycles. The van der Waals surface area contributed by atoms with Crippen LogP contribution in [0.1, 0.15) is 22.3 Å². The van der Waals surface area contributed by atoms with Crippen LogP contribution in [0.25, 0.3) is 42.1 Å². The van der Waals surface area contributed by atoms with E-state index < -0.39 is 5.41 Å². The van der Waals surface area contributed by atoms with Crippen LogP contribution in [0.4, 0.5) is 51.2 Å². The average Bonchev–Trinajstić information content (AvgIpc) is 3.95. The molecule has 1 aliphatic heterocycles. The average molecular weight is 898 g/mol. The predicted molar refractivity (Wildman–Crippen MR) is 292 cm³/mol. The number of anilines is 9. The van der Waals surface area contributed by atoms with Crippen molar-refractivity contribution in [2.45, 2.75) is 5.41 Å². The van der Waals surface area contributed by atoms with Crippen LogP contribution in [0.2, 0.25) is 0 Å². The van der Waals surface area contributed by atoms with Crippen LogP contribution in [0.3, 0.4) is 0 Å². The number of hydrogen-bond acceptors (Lipinski definition) is 4. The van der Waals surface area contributed by atoms with Gasteiger partial charge < -0.3 is 14.7 Å². The molecule has 0 radical (unpaired) electrons. The van der Waals surface area contributed by atoms with Crippen molar-refractivity contribution in [3.05, 3.63) is 283 Å². The summed E-state index contributed by atoms with van der Waals surface area (Å²) < 4.78 is 2.52. The van der Waals surface area contributed by atoms with Crippen LogP contribution >= 0.6 is 11.3 Å². The minimum absolute atomic E-state index is 0.587. The lowest BCUT2D eigenvalue weighted by atomic mass is 9.64. The maximum Gasteiger partial charge on any atom is 0.0755 e. The van der Waals surface area contributed by atoms with Crippen molar-refractivity contribution in [1.82, 2.24) is 0 Å². The first kappa shape index (κ1) is 39.5. The second-order valence-electron chi connectivity index (χ2n) is 18.0. The fourth-order valence-electron chi connectivity index (χ4n) is 11.6. The van der Waals surface area contributed by atoms with Gasteiger partial charge in [0.25, 0.3) is 0 Å². The first-order valence-corrected chi connectivity index (χ1v) is 24.5. The second-order valence-corrected chi connectivity index (χ2v) is 19.1. The van der Waals surface area contributed by atoms with Gasteiger partial charge in [-0.05, 0) is 135 Å². The van der Waals surface area contributed by atoms with E-state index in [2.05, 4.69) is 276 Å². The van der Waals surface area contributed by atoms with E-state index in [1.165, 1.54) is 75.7 Å². The number of thiophene rings is 1. The fraction of sp³-hybridized carbons (Fsp3) is 0.0154. The minimum Gasteiger partial charge on any atom is -0.310 e. The molecule has 1 aromatic heterocycles. The third kappa shape index (κ3) is 5.92. The lowest BCUT2D eigenvalue weighted by Gasteiger charge is -2.45. The number of rotatable bonds is 7. The molecule has 0 bridgehead atoms. The van der Waals surface area contributed by atoms with Gasteiger partial charge in [0.2, 0.25) is 0 Å². The van der Waals surface area contributed by atoms with Crippen LogP contribution in [-0.2, 0) is 5.41 Å². The highest BCUT2D eigenvalue weighted by atomic mass is 32.1. The molecule has 1 aliphatic carbocycles. The van der Waals surface area contributed by atoms with E-state index >= 15 is 0 Å². The molecule has 0 amide bonds. The first-order chi connectivity index (χ1) is 34.3. The summed E-state index contributed by atoms with van der Waals surface area (Å²) >= 11 is 1.89. The third-order valence-electron chi connectivity index (χ3n) is 14.4. The smallest absolute Gasteiger partial charge is 0.0755 e. The Kier molecular flexibility index (Phi) is 8.98. The molecule has 69 heavy (non-hydrogen) atoms. The van der Waals surface area contributed by atoms with Crippen molar-refractivity contribution in [1.29, 1.82) is 0 Å². The van der Waals surface area contributed by atoms with Crippen LogP contribution < -0.4 is 14.7 Å². The quantitative estimate of drug-likeness (QED) is 0.158. The van der Waals surface area contributed by atoms with E-state index in [0.717, 1.165) is 39.8 Å². The molecule has 0 fully saturated rings. The van der Waals surface area contributed by atoms with Gasteiger partial charge in [-0.3, -0.25) is 0 Å². The van der Waals surface area contributed by atoms with Crippen molar-refractivity contribution in [3.8, 4) is 11.1 Å². The summed E-state index contributed by atoms with van der Waals surface area (Å²) in [6, 6.07) is 96.1. The lowest BCUT2D eigenvalue weighted by Crippen LogP contribution is -2.36. The van der Waals surface area contributed by atoms with Gasteiger partial charge in [-0.1, -0.05) is 170 Å². The van der Waals surface area contributed by atoms with Gasteiger partial charge >= 0.3 is 0 Å². The predicted octanol–water partition coefficient (Wildman–Crippen LogP) is 18.3. The molecular formula is C65H43N3S. The minimum atomic E-state index is -0.587.